The highest BCUT2D eigenvalue weighted by molar-refractivity contribution is 6.30. The Morgan fingerprint density at radius 1 is 1.48 bits per heavy atom. The van der Waals surface area contributed by atoms with Gasteiger partial charge in [0.2, 0.25) is 5.91 Å². The van der Waals surface area contributed by atoms with E-state index in [4.69, 9.17) is 21.4 Å². The molecular weight excluding hydrogens is 320 g/mol. The molecule has 23 heavy (non-hydrogen) atoms. The zero-order valence-electron chi connectivity index (χ0n) is 13.2. The number of nitrogens with zero attached hydrogens (tertiary/aromatic N) is 1. The van der Waals surface area contributed by atoms with Crippen LogP contribution >= 0.6 is 11.6 Å². The molecule has 1 aliphatic rings. The molecule has 0 spiro atoms. The number of carboxylic acid groups (broad SMARTS) is 1. The minimum absolute atomic E-state index is 0.0705. The molecule has 2 rings (SSSR count). The Morgan fingerprint density at radius 3 is 2.74 bits per heavy atom. The topological polar surface area (TPSA) is 78.9 Å². The van der Waals surface area contributed by atoms with Crippen molar-refractivity contribution in [3.8, 4) is 5.75 Å². The number of ether oxygens (including phenoxy) is 1. The molecule has 0 aliphatic heterocycles. The van der Waals surface area contributed by atoms with Crippen molar-refractivity contribution in [1.82, 2.24) is 10.2 Å². The average Bonchev–Trinajstić information content (AvgIpc) is 3.34. The SMILES string of the molecule is COc1ccc(Cl)cc1CNC(=O)CN(C1CC1)C(C)C(=O)O. The van der Waals surface area contributed by atoms with E-state index in [1.54, 1.807) is 37.1 Å². The molecule has 1 saturated carbocycles. The molecule has 0 aromatic heterocycles. The summed E-state index contributed by atoms with van der Waals surface area (Å²) in [5.41, 5.74) is 0.776. The van der Waals surface area contributed by atoms with Gasteiger partial charge in [-0.05, 0) is 38.0 Å². The van der Waals surface area contributed by atoms with Gasteiger partial charge < -0.3 is 15.2 Å². The number of carboxylic acids is 1. The zero-order chi connectivity index (χ0) is 17.0. The molecule has 1 fully saturated rings. The number of hydrogen-bond donors (Lipinski definition) is 2. The number of rotatable bonds is 8. The third kappa shape index (κ3) is 4.84. The van der Waals surface area contributed by atoms with E-state index in [-0.39, 0.29) is 25.0 Å². The number of amides is 1. The van der Waals surface area contributed by atoms with E-state index in [9.17, 15) is 9.59 Å². The highest BCUT2D eigenvalue weighted by Gasteiger charge is 2.36. The Kier molecular flexibility index (Phi) is 5.85. The molecule has 1 aromatic rings. The fraction of sp³-hybridized carbons (Fsp3) is 0.500. The zero-order valence-corrected chi connectivity index (χ0v) is 14.0. The minimum Gasteiger partial charge on any atom is -0.496 e. The largest absolute Gasteiger partial charge is 0.496 e. The lowest BCUT2D eigenvalue weighted by molar-refractivity contribution is -0.143. The van der Waals surface area contributed by atoms with Crippen LogP contribution in [0, 0.1) is 0 Å². The summed E-state index contributed by atoms with van der Waals surface area (Å²) in [5, 5.41) is 12.5. The van der Waals surface area contributed by atoms with Crippen LogP contribution in [0.4, 0.5) is 0 Å². The number of aliphatic carboxylic acids is 1. The third-order valence-corrected chi connectivity index (χ3v) is 4.15. The number of hydrogen-bond acceptors (Lipinski definition) is 4. The van der Waals surface area contributed by atoms with Crippen LogP contribution in [0.1, 0.15) is 25.3 Å². The van der Waals surface area contributed by atoms with Gasteiger partial charge in [-0.3, -0.25) is 14.5 Å². The van der Waals surface area contributed by atoms with Gasteiger partial charge in [-0.15, -0.1) is 0 Å². The monoisotopic (exact) mass is 340 g/mol. The Labute approximate surface area is 140 Å². The quantitative estimate of drug-likeness (QED) is 0.755. The maximum atomic E-state index is 12.2. The van der Waals surface area contributed by atoms with Gasteiger partial charge in [-0.25, -0.2) is 0 Å². The lowest BCUT2D eigenvalue weighted by Gasteiger charge is -2.25. The first-order valence-corrected chi connectivity index (χ1v) is 7.88. The normalized spacial score (nSPS) is 15.3. The maximum absolute atomic E-state index is 12.2. The smallest absolute Gasteiger partial charge is 0.320 e. The van der Waals surface area contributed by atoms with Gasteiger partial charge in [0.15, 0.2) is 0 Å². The standard InChI is InChI=1S/C16H21ClN2O4/c1-10(16(21)22)19(13-4-5-13)9-15(20)18-8-11-7-12(17)3-6-14(11)23-2/h3,6-7,10,13H,4-5,8-9H2,1-2H3,(H,18,20)(H,21,22). The summed E-state index contributed by atoms with van der Waals surface area (Å²) in [6.45, 7) is 1.96. The molecule has 126 valence electrons. The molecular formula is C16H21ClN2O4. The van der Waals surface area contributed by atoms with Crippen molar-refractivity contribution >= 4 is 23.5 Å². The molecule has 0 radical (unpaired) electrons. The highest BCUT2D eigenvalue weighted by Crippen LogP contribution is 2.28. The number of halogens is 1. The summed E-state index contributed by atoms with van der Waals surface area (Å²) >= 11 is 5.96. The molecule has 1 amide bonds. The fourth-order valence-corrected chi connectivity index (χ4v) is 2.63. The molecule has 1 unspecified atom stereocenters. The molecule has 7 heteroatoms. The van der Waals surface area contributed by atoms with Gasteiger partial charge >= 0.3 is 5.97 Å². The number of nitrogens with one attached hydrogen (secondary N) is 1. The van der Waals surface area contributed by atoms with E-state index < -0.39 is 12.0 Å². The van der Waals surface area contributed by atoms with Gasteiger partial charge in [0.1, 0.15) is 11.8 Å². The average molecular weight is 341 g/mol. The molecule has 1 aliphatic carbocycles. The predicted octanol–water partition coefficient (Wildman–Crippen LogP) is 1.90. The molecule has 1 atom stereocenters. The summed E-state index contributed by atoms with van der Waals surface area (Å²) in [5.74, 6) is -0.485. The Balaban J connectivity index is 1.94. The van der Waals surface area contributed by atoms with Crippen LogP contribution in [0.2, 0.25) is 5.02 Å². The molecule has 0 heterocycles. The summed E-state index contributed by atoms with van der Waals surface area (Å²) in [7, 11) is 1.55. The van der Waals surface area contributed by atoms with E-state index in [1.165, 1.54) is 0 Å². The minimum atomic E-state index is -0.916. The van der Waals surface area contributed by atoms with Crippen molar-refractivity contribution in [2.75, 3.05) is 13.7 Å². The first-order chi connectivity index (χ1) is 10.9. The highest BCUT2D eigenvalue weighted by atomic mass is 35.5. The molecule has 1 aromatic carbocycles. The predicted molar refractivity (Wildman–Crippen MR) is 86.7 cm³/mol. The van der Waals surface area contributed by atoms with E-state index in [0.717, 1.165) is 18.4 Å². The molecule has 0 bridgehead atoms. The van der Waals surface area contributed by atoms with Crippen LogP contribution in [0.25, 0.3) is 0 Å². The summed E-state index contributed by atoms with van der Waals surface area (Å²) < 4.78 is 5.23. The number of carbonyl (C=O) groups is 2. The lowest BCUT2D eigenvalue weighted by atomic mass is 10.2. The number of carbonyl (C=O) groups excluding carboxylic acids is 1. The fourth-order valence-electron chi connectivity index (χ4n) is 2.43. The van der Waals surface area contributed by atoms with Gasteiger partial charge in [0.05, 0.1) is 13.7 Å². The second-order valence-electron chi connectivity index (χ2n) is 5.65. The van der Waals surface area contributed by atoms with Crippen molar-refractivity contribution < 1.29 is 19.4 Å². The van der Waals surface area contributed by atoms with Gasteiger partial charge in [-0.1, -0.05) is 11.6 Å². The van der Waals surface area contributed by atoms with Crippen molar-refractivity contribution in [3.05, 3.63) is 28.8 Å². The van der Waals surface area contributed by atoms with Crippen molar-refractivity contribution in [1.29, 1.82) is 0 Å². The summed E-state index contributed by atoms with van der Waals surface area (Å²) in [6.07, 6.45) is 1.88. The maximum Gasteiger partial charge on any atom is 0.320 e. The van der Waals surface area contributed by atoms with Crippen molar-refractivity contribution in [3.63, 3.8) is 0 Å². The van der Waals surface area contributed by atoms with E-state index in [1.807, 2.05) is 0 Å². The Bertz CT molecular complexity index is 589. The number of methoxy groups -OCH3 is 1. The van der Waals surface area contributed by atoms with Crippen LogP contribution in [0.3, 0.4) is 0 Å². The van der Waals surface area contributed by atoms with Crippen molar-refractivity contribution in [2.24, 2.45) is 0 Å². The van der Waals surface area contributed by atoms with Crippen LogP contribution in [0.5, 0.6) is 5.75 Å². The lowest BCUT2D eigenvalue weighted by Crippen LogP contribution is -2.46. The molecule has 2 N–H and O–H groups in total. The van der Waals surface area contributed by atoms with Gasteiger partial charge in [0.25, 0.3) is 0 Å². The van der Waals surface area contributed by atoms with Crippen LogP contribution in [-0.4, -0.2) is 47.6 Å². The second-order valence-corrected chi connectivity index (χ2v) is 6.09. The van der Waals surface area contributed by atoms with Crippen LogP contribution in [0.15, 0.2) is 18.2 Å². The Morgan fingerprint density at radius 2 is 2.17 bits per heavy atom. The number of benzene rings is 1. The van der Waals surface area contributed by atoms with Crippen molar-refractivity contribution in [2.45, 2.75) is 38.4 Å². The summed E-state index contributed by atoms with van der Waals surface area (Å²) in [6, 6.07) is 4.71. The van der Waals surface area contributed by atoms with E-state index in [2.05, 4.69) is 5.32 Å². The Hall–Kier alpha value is -1.79. The van der Waals surface area contributed by atoms with Gasteiger partial charge in [0, 0.05) is 23.2 Å². The second kappa shape index (κ2) is 7.66. The van der Waals surface area contributed by atoms with Crippen LogP contribution < -0.4 is 10.1 Å². The van der Waals surface area contributed by atoms with Gasteiger partial charge in [-0.2, -0.15) is 0 Å². The van der Waals surface area contributed by atoms with Crippen LogP contribution in [-0.2, 0) is 16.1 Å². The van der Waals surface area contributed by atoms with E-state index in [0.29, 0.717) is 10.8 Å². The first kappa shape index (κ1) is 17.6. The molecule has 6 nitrogen and oxygen atoms in total. The summed E-state index contributed by atoms with van der Waals surface area (Å²) in [4.78, 5) is 25.0. The van der Waals surface area contributed by atoms with E-state index >= 15 is 0 Å². The third-order valence-electron chi connectivity index (χ3n) is 3.92. The first-order valence-electron chi connectivity index (χ1n) is 7.50. The molecule has 0 saturated heterocycles.